The van der Waals surface area contributed by atoms with Gasteiger partial charge >= 0.3 is 5.97 Å². The van der Waals surface area contributed by atoms with Gasteiger partial charge in [-0.3, -0.25) is 0 Å². The van der Waals surface area contributed by atoms with E-state index in [0.29, 0.717) is 11.5 Å². The zero-order valence-electron chi connectivity index (χ0n) is 10.5. The van der Waals surface area contributed by atoms with E-state index in [1.807, 2.05) is 18.4 Å². The normalized spacial score (nSPS) is 10.4. The summed E-state index contributed by atoms with van der Waals surface area (Å²) in [7, 11) is 1.47. The summed E-state index contributed by atoms with van der Waals surface area (Å²) in [6, 6.07) is 5.21. The number of benzene rings is 1. The number of hydrogen-bond acceptors (Lipinski definition) is 5. The molecule has 2 rings (SSSR count). The van der Waals surface area contributed by atoms with E-state index in [9.17, 15) is 4.79 Å². The van der Waals surface area contributed by atoms with E-state index >= 15 is 0 Å². The van der Waals surface area contributed by atoms with E-state index in [-0.39, 0.29) is 5.56 Å². The summed E-state index contributed by atoms with van der Waals surface area (Å²) in [6.07, 6.45) is 0. The lowest BCUT2D eigenvalue weighted by Crippen LogP contribution is -2.01. The zero-order chi connectivity index (χ0) is 13.8. The van der Waals surface area contributed by atoms with E-state index < -0.39 is 5.97 Å². The highest BCUT2D eigenvalue weighted by atomic mass is 32.2. The number of thioether (sulfide) groups is 1. The fourth-order valence-electron chi connectivity index (χ4n) is 1.56. The van der Waals surface area contributed by atoms with Crippen molar-refractivity contribution in [1.29, 1.82) is 0 Å². The Hall–Kier alpha value is -1.53. The van der Waals surface area contributed by atoms with Crippen LogP contribution in [-0.2, 0) is 5.75 Å². The van der Waals surface area contributed by atoms with E-state index in [4.69, 9.17) is 9.84 Å². The Balaban J connectivity index is 2.12. The average Bonchev–Trinajstić information content (AvgIpc) is 2.81. The van der Waals surface area contributed by atoms with Crippen LogP contribution in [0.5, 0.6) is 5.75 Å². The van der Waals surface area contributed by atoms with E-state index in [1.54, 1.807) is 35.2 Å². The SMILES string of the molecule is COc1ccc(CSc2nc(C)cs2)cc1C(=O)O. The lowest BCUT2D eigenvalue weighted by atomic mass is 10.1. The summed E-state index contributed by atoms with van der Waals surface area (Å²) in [5.41, 5.74) is 2.14. The maximum Gasteiger partial charge on any atom is 0.339 e. The van der Waals surface area contributed by atoms with Gasteiger partial charge in [-0.1, -0.05) is 17.8 Å². The van der Waals surface area contributed by atoms with Gasteiger partial charge in [0.05, 0.1) is 7.11 Å². The van der Waals surface area contributed by atoms with Crippen LogP contribution < -0.4 is 4.74 Å². The molecule has 1 heterocycles. The molecule has 0 aliphatic carbocycles. The predicted octanol–water partition coefficient (Wildman–Crippen LogP) is 3.45. The molecule has 0 aliphatic rings. The number of aromatic nitrogens is 1. The fourth-order valence-corrected chi connectivity index (χ4v) is 3.35. The lowest BCUT2D eigenvalue weighted by molar-refractivity contribution is 0.0693. The van der Waals surface area contributed by atoms with Gasteiger partial charge in [0, 0.05) is 16.8 Å². The molecule has 1 N–H and O–H groups in total. The van der Waals surface area contributed by atoms with Crippen LogP contribution in [0.3, 0.4) is 0 Å². The molecule has 0 spiro atoms. The number of ether oxygens (including phenoxy) is 1. The Bertz CT molecular complexity index is 595. The second-order valence-corrected chi connectivity index (χ2v) is 5.96. The third-order valence-corrected chi connectivity index (χ3v) is 4.66. The molecule has 0 amide bonds. The van der Waals surface area contributed by atoms with Crippen LogP contribution >= 0.6 is 23.1 Å². The molecule has 0 radical (unpaired) electrons. The first-order chi connectivity index (χ1) is 9.10. The molecule has 0 saturated carbocycles. The third kappa shape index (κ3) is 3.48. The highest BCUT2D eigenvalue weighted by Crippen LogP contribution is 2.28. The van der Waals surface area contributed by atoms with Crippen molar-refractivity contribution in [2.75, 3.05) is 7.11 Å². The number of carbonyl (C=O) groups is 1. The number of nitrogens with zero attached hydrogens (tertiary/aromatic N) is 1. The predicted molar refractivity (Wildman–Crippen MR) is 76.4 cm³/mol. The molecule has 4 nitrogen and oxygen atoms in total. The van der Waals surface area contributed by atoms with Crippen LogP contribution in [0.4, 0.5) is 0 Å². The second-order valence-electron chi connectivity index (χ2n) is 3.88. The molecule has 1 aromatic carbocycles. The quantitative estimate of drug-likeness (QED) is 0.856. The third-order valence-electron chi connectivity index (χ3n) is 2.45. The van der Waals surface area contributed by atoms with Crippen LogP contribution in [0.2, 0.25) is 0 Å². The number of hydrogen-bond donors (Lipinski definition) is 1. The number of methoxy groups -OCH3 is 1. The number of rotatable bonds is 5. The molecule has 6 heteroatoms. The second kappa shape index (κ2) is 6.08. The van der Waals surface area contributed by atoms with E-state index in [2.05, 4.69) is 4.98 Å². The lowest BCUT2D eigenvalue weighted by Gasteiger charge is -2.07. The van der Waals surface area contributed by atoms with Gasteiger partial charge in [-0.15, -0.1) is 11.3 Å². The highest BCUT2D eigenvalue weighted by molar-refractivity contribution is 8.00. The van der Waals surface area contributed by atoms with Crippen LogP contribution in [-0.4, -0.2) is 23.2 Å². The van der Waals surface area contributed by atoms with Crippen LogP contribution in [0.1, 0.15) is 21.6 Å². The average molecular weight is 295 g/mol. The Kier molecular flexibility index (Phi) is 4.44. The fraction of sp³-hybridized carbons (Fsp3) is 0.231. The molecule has 0 unspecified atom stereocenters. The van der Waals surface area contributed by atoms with Gasteiger partial charge in [0.1, 0.15) is 15.7 Å². The minimum Gasteiger partial charge on any atom is -0.496 e. The van der Waals surface area contributed by atoms with Crippen molar-refractivity contribution < 1.29 is 14.6 Å². The van der Waals surface area contributed by atoms with Crippen molar-refractivity contribution in [3.8, 4) is 5.75 Å². The zero-order valence-corrected chi connectivity index (χ0v) is 12.2. The number of aryl methyl sites for hydroxylation is 1. The minimum atomic E-state index is -0.978. The standard InChI is InChI=1S/C13H13NO3S2/c1-8-6-18-13(14-8)19-7-9-3-4-11(17-2)10(5-9)12(15)16/h3-6H,7H2,1-2H3,(H,15,16). The molecule has 0 fully saturated rings. The number of thiazole rings is 1. The Morgan fingerprint density at radius 2 is 2.32 bits per heavy atom. The molecule has 1 aromatic heterocycles. The molecular formula is C13H13NO3S2. The molecule has 0 bridgehead atoms. The van der Waals surface area contributed by atoms with Gasteiger partial charge in [-0.25, -0.2) is 9.78 Å². The first-order valence-electron chi connectivity index (χ1n) is 5.55. The molecule has 0 aliphatic heterocycles. The first-order valence-corrected chi connectivity index (χ1v) is 7.42. The molecule has 100 valence electrons. The van der Waals surface area contributed by atoms with Gasteiger partial charge in [-0.05, 0) is 24.6 Å². The number of aromatic carboxylic acids is 1. The van der Waals surface area contributed by atoms with Crippen molar-refractivity contribution in [3.05, 3.63) is 40.4 Å². The maximum absolute atomic E-state index is 11.1. The highest BCUT2D eigenvalue weighted by Gasteiger charge is 2.12. The number of carboxylic acids is 1. The summed E-state index contributed by atoms with van der Waals surface area (Å²) in [4.78, 5) is 15.5. The van der Waals surface area contributed by atoms with Crippen molar-refractivity contribution in [2.24, 2.45) is 0 Å². The Morgan fingerprint density at radius 1 is 1.53 bits per heavy atom. The monoisotopic (exact) mass is 295 g/mol. The van der Waals surface area contributed by atoms with Crippen molar-refractivity contribution in [2.45, 2.75) is 17.0 Å². The maximum atomic E-state index is 11.1. The van der Waals surface area contributed by atoms with E-state index in [0.717, 1.165) is 15.6 Å². The van der Waals surface area contributed by atoms with Crippen molar-refractivity contribution >= 4 is 29.1 Å². The van der Waals surface area contributed by atoms with Crippen molar-refractivity contribution in [3.63, 3.8) is 0 Å². The molecule has 0 saturated heterocycles. The van der Waals surface area contributed by atoms with Crippen molar-refractivity contribution in [1.82, 2.24) is 4.98 Å². The number of carboxylic acid groups (broad SMARTS) is 1. The first kappa shape index (κ1) is 13.9. The van der Waals surface area contributed by atoms with E-state index in [1.165, 1.54) is 7.11 Å². The van der Waals surface area contributed by atoms with Gasteiger partial charge in [0.25, 0.3) is 0 Å². The minimum absolute atomic E-state index is 0.191. The smallest absolute Gasteiger partial charge is 0.339 e. The summed E-state index contributed by atoms with van der Waals surface area (Å²) in [5.74, 6) is 0.0946. The van der Waals surface area contributed by atoms with Crippen LogP contribution in [0.25, 0.3) is 0 Å². The molecular weight excluding hydrogens is 282 g/mol. The largest absolute Gasteiger partial charge is 0.496 e. The van der Waals surface area contributed by atoms with Gasteiger partial charge < -0.3 is 9.84 Å². The van der Waals surface area contributed by atoms with Crippen LogP contribution in [0.15, 0.2) is 27.9 Å². The molecule has 2 aromatic rings. The Morgan fingerprint density at radius 3 is 2.89 bits per heavy atom. The molecule has 0 atom stereocenters. The van der Waals surface area contributed by atoms with Gasteiger partial charge in [0.2, 0.25) is 0 Å². The Labute approximate surface area is 119 Å². The van der Waals surface area contributed by atoms with Crippen LogP contribution in [0, 0.1) is 6.92 Å². The topological polar surface area (TPSA) is 59.4 Å². The summed E-state index contributed by atoms with van der Waals surface area (Å²) < 4.78 is 6.02. The summed E-state index contributed by atoms with van der Waals surface area (Å²) in [6.45, 7) is 1.95. The van der Waals surface area contributed by atoms with Gasteiger partial charge in [-0.2, -0.15) is 0 Å². The van der Waals surface area contributed by atoms with Gasteiger partial charge in [0.15, 0.2) is 0 Å². The summed E-state index contributed by atoms with van der Waals surface area (Å²) >= 11 is 3.20. The molecule has 19 heavy (non-hydrogen) atoms. The summed E-state index contributed by atoms with van der Waals surface area (Å²) in [5, 5.41) is 11.1.